The Balaban J connectivity index is 1.75. The first-order chi connectivity index (χ1) is 8.79. The molecule has 0 heterocycles. The van der Waals surface area contributed by atoms with E-state index >= 15 is 0 Å². The van der Waals surface area contributed by atoms with Crippen LogP contribution >= 0.6 is 0 Å². The molecule has 1 N–H and O–H groups in total. The van der Waals surface area contributed by atoms with Crippen molar-refractivity contribution in [2.24, 2.45) is 11.8 Å². The van der Waals surface area contributed by atoms with Crippen LogP contribution in [0.2, 0.25) is 0 Å². The van der Waals surface area contributed by atoms with E-state index in [0.717, 1.165) is 18.8 Å². The summed E-state index contributed by atoms with van der Waals surface area (Å²) in [6, 6.07) is 10.7. The third-order valence-corrected chi connectivity index (χ3v) is 4.51. The van der Waals surface area contributed by atoms with Gasteiger partial charge in [0.15, 0.2) is 0 Å². The number of aliphatic hydroxyl groups excluding tert-OH is 1. The predicted molar refractivity (Wildman–Crippen MR) is 76.5 cm³/mol. The van der Waals surface area contributed by atoms with Crippen LogP contribution in [0.15, 0.2) is 30.3 Å². The van der Waals surface area contributed by atoms with Crippen LogP contribution < -0.4 is 0 Å². The number of aliphatic hydroxyl groups is 1. The lowest BCUT2D eigenvalue weighted by Crippen LogP contribution is -2.29. The zero-order chi connectivity index (χ0) is 12.8. The fourth-order valence-corrected chi connectivity index (χ4v) is 3.24. The Morgan fingerprint density at radius 2 is 1.94 bits per heavy atom. The molecular formula is C17H26O. The summed E-state index contributed by atoms with van der Waals surface area (Å²) in [7, 11) is 0. The SMILES string of the molecule is CCC1CCC(O)C(CCCc2ccccc2)C1. The normalized spacial score (nSPS) is 28.2. The van der Waals surface area contributed by atoms with Gasteiger partial charge >= 0.3 is 0 Å². The molecule has 18 heavy (non-hydrogen) atoms. The van der Waals surface area contributed by atoms with Crippen molar-refractivity contribution < 1.29 is 5.11 Å². The van der Waals surface area contributed by atoms with E-state index in [4.69, 9.17) is 0 Å². The Hall–Kier alpha value is -0.820. The highest BCUT2D eigenvalue weighted by atomic mass is 16.3. The van der Waals surface area contributed by atoms with Gasteiger partial charge in [-0.05, 0) is 55.9 Å². The van der Waals surface area contributed by atoms with E-state index in [0.29, 0.717) is 5.92 Å². The smallest absolute Gasteiger partial charge is 0.0568 e. The van der Waals surface area contributed by atoms with E-state index in [1.54, 1.807) is 0 Å². The zero-order valence-electron chi connectivity index (χ0n) is 11.5. The summed E-state index contributed by atoms with van der Waals surface area (Å²) in [5.74, 6) is 1.41. The van der Waals surface area contributed by atoms with Crippen molar-refractivity contribution in [1.29, 1.82) is 0 Å². The molecule has 2 rings (SSSR count). The van der Waals surface area contributed by atoms with Crippen LogP contribution in [0, 0.1) is 11.8 Å². The topological polar surface area (TPSA) is 20.2 Å². The highest BCUT2D eigenvalue weighted by molar-refractivity contribution is 5.14. The molecule has 1 saturated carbocycles. The van der Waals surface area contributed by atoms with Crippen molar-refractivity contribution in [2.45, 2.75) is 58.0 Å². The maximum Gasteiger partial charge on any atom is 0.0568 e. The van der Waals surface area contributed by atoms with Crippen LogP contribution in [0.3, 0.4) is 0 Å². The second kappa shape index (κ2) is 6.94. The first kappa shape index (κ1) is 13.6. The lowest BCUT2D eigenvalue weighted by atomic mass is 9.76. The van der Waals surface area contributed by atoms with Crippen LogP contribution in [0.5, 0.6) is 0 Å². The number of hydrogen-bond donors (Lipinski definition) is 1. The second-order valence-corrected chi connectivity index (χ2v) is 5.79. The highest BCUT2D eigenvalue weighted by Crippen LogP contribution is 2.34. The van der Waals surface area contributed by atoms with Crippen molar-refractivity contribution in [1.82, 2.24) is 0 Å². The Morgan fingerprint density at radius 1 is 1.17 bits per heavy atom. The number of benzene rings is 1. The van der Waals surface area contributed by atoms with Gasteiger partial charge in [-0.1, -0.05) is 43.7 Å². The fraction of sp³-hybridized carbons (Fsp3) is 0.647. The molecule has 0 aliphatic heterocycles. The van der Waals surface area contributed by atoms with Crippen molar-refractivity contribution in [3.63, 3.8) is 0 Å². The molecule has 100 valence electrons. The molecule has 3 atom stereocenters. The minimum absolute atomic E-state index is 0.0384. The fourth-order valence-electron chi connectivity index (χ4n) is 3.24. The van der Waals surface area contributed by atoms with E-state index in [1.807, 2.05) is 0 Å². The summed E-state index contributed by atoms with van der Waals surface area (Å²) >= 11 is 0. The molecule has 0 amide bonds. The molecule has 0 saturated heterocycles. The van der Waals surface area contributed by atoms with Crippen molar-refractivity contribution in [3.05, 3.63) is 35.9 Å². The van der Waals surface area contributed by atoms with Gasteiger partial charge in [0, 0.05) is 0 Å². The number of rotatable bonds is 5. The van der Waals surface area contributed by atoms with E-state index in [-0.39, 0.29) is 6.10 Å². The summed E-state index contributed by atoms with van der Waals surface area (Å²) in [5.41, 5.74) is 1.43. The van der Waals surface area contributed by atoms with E-state index < -0.39 is 0 Å². The van der Waals surface area contributed by atoms with Gasteiger partial charge in [-0.15, -0.1) is 0 Å². The molecule has 1 aliphatic carbocycles. The van der Waals surface area contributed by atoms with Gasteiger partial charge < -0.3 is 5.11 Å². The lowest BCUT2D eigenvalue weighted by Gasteiger charge is -2.33. The summed E-state index contributed by atoms with van der Waals surface area (Å²) in [6.45, 7) is 2.28. The monoisotopic (exact) mass is 246 g/mol. The van der Waals surface area contributed by atoms with Crippen molar-refractivity contribution >= 4 is 0 Å². The maximum absolute atomic E-state index is 10.1. The maximum atomic E-state index is 10.1. The van der Waals surface area contributed by atoms with Crippen LogP contribution in [0.1, 0.15) is 51.0 Å². The van der Waals surface area contributed by atoms with Gasteiger partial charge in [-0.25, -0.2) is 0 Å². The van der Waals surface area contributed by atoms with Gasteiger partial charge in [-0.3, -0.25) is 0 Å². The molecule has 1 aliphatic rings. The first-order valence-corrected chi connectivity index (χ1v) is 7.51. The summed E-state index contributed by atoms with van der Waals surface area (Å²) < 4.78 is 0. The van der Waals surface area contributed by atoms with Crippen molar-refractivity contribution in [3.8, 4) is 0 Å². The zero-order valence-corrected chi connectivity index (χ0v) is 11.5. The molecule has 1 aromatic carbocycles. The van der Waals surface area contributed by atoms with E-state index in [9.17, 15) is 5.11 Å². The number of aryl methyl sites for hydroxylation is 1. The summed E-state index contributed by atoms with van der Waals surface area (Å²) in [4.78, 5) is 0. The van der Waals surface area contributed by atoms with Crippen LogP contribution in [0.4, 0.5) is 0 Å². The molecule has 0 spiro atoms. The third-order valence-electron chi connectivity index (χ3n) is 4.51. The molecular weight excluding hydrogens is 220 g/mol. The van der Waals surface area contributed by atoms with Crippen molar-refractivity contribution in [2.75, 3.05) is 0 Å². The Morgan fingerprint density at radius 3 is 2.67 bits per heavy atom. The van der Waals surface area contributed by atoms with E-state index in [2.05, 4.69) is 37.3 Å². The van der Waals surface area contributed by atoms with Gasteiger partial charge in [0.05, 0.1) is 6.10 Å². The van der Waals surface area contributed by atoms with Gasteiger partial charge in [0.2, 0.25) is 0 Å². The standard InChI is InChI=1S/C17H26O/c1-2-14-11-12-17(18)16(13-14)10-6-9-15-7-4-3-5-8-15/h3-5,7-8,14,16-18H,2,6,9-13H2,1H3. The van der Waals surface area contributed by atoms with Gasteiger partial charge in [0.25, 0.3) is 0 Å². The average molecular weight is 246 g/mol. The summed E-state index contributed by atoms with van der Waals surface area (Å²) in [6.07, 6.45) is 8.29. The van der Waals surface area contributed by atoms with E-state index in [1.165, 1.54) is 37.7 Å². The highest BCUT2D eigenvalue weighted by Gasteiger charge is 2.27. The molecule has 1 aromatic rings. The molecule has 0 aromatic heterocycles. The minimum Gasteiger partial charge on any atom is -0.393 e. The Bertz CT molecular complexity index is 333. The average Bonchev–Trinajstić information content (AvgIpc) is 2.42. The minimum atomic E-state index is -0.0384. The van der Waals surface area contributed by atoms with Gasteiger partial charge in [-0.2, -0.15) is 0 Å². The van der Waals surface area contributed by atoms with Gasteiger partial charge in [0.1, 0.15) is 0 Å². The largest absolute Gasteiger partial charge is 0.393 e. The molecule has 0 radical (unpaired) electrons. The van der Waals surface area contributed by atoms with Crippen LogP contribution in [0.25, 0.3) is 0 Å². The molecule has 1 nitrogen and oxygen atoms in total. The molecule has 1 fully saturated rings. The first-order valence-electron chi connectivity index (χ1n) is 7.51. The Labute approximate surface area is 111 Å². The quantitative estimate of drug-likeness (QED) is 0.825. The summed E-state index contributed by atoms with van der Waals surface area (Å²) in [5, 5.41) is 10.1. The third kappa shape index (κ3) is 3.84. The second-order valence-electron chi connectivity index (χ2n) is 5.79. The predicted octanol–water partition coefficient (Wildman–Crippen LogP) is 4.20. The molecule has 1 heteroatoms. The Kier molecular flexibility index (Phi) is 5.25. The lowest BCUT2D eigenvalue weighted by molar-refractivity contribution is 0.0421. The number of hydrogen-bond acceptors (Lipinski definition) is 1. The molecule has 0 bridgehead atoms. The molecule has 3 unspecified atom stereocenters. The van der Waals surface area contributed by atoms with Crippen LogP contribution in [-0.4, -0.2) is 11.2 Å². The van der Waals surface area contributed by atoms with Crippen LogP contribution in [-0.2, 0) is 6.42 Å².